The number of ether oxygens (including phenoxy) is 1. The molecular formula is C9H5Cl7O2. The molecule has 0 amide bonds. The highest BCUT2D eigenvalue weighted by Gasteiger charge is 2.89. The van der Waals surface area contributed by atoms with Gasteiger partial charge in [-0.05, 0) is 0 Å². The summed E-state index contributed by atoms with van der Waals surface area (Å²) >= 11 is 43.5. The third-order valence-electron chi connectivity index (χ3n) is 4.05. The highest BCUT2D eigenvalue weighted by Crippen LogP contribution is 2.76. The summed E-state index contributed by atoms with van der Waals surface area (Å²) in [6, 6.07) is 0. The van der Waals surface area contributed by atoms with Gasteiger partial charge >= 0.3 is 0 Å². The first kappa shape index (κ1) is 14.6. The molecule has 2 aliphatic carbocycles. The molecule has 1 saturated heterocycles. The van der Waals surface area contributed by atoms with Crippen LogP contribution in [0.4, 0.5) is 0 Å². The Morgan fingerprint density at radius 2 is 1.44 bits per heavy atom. The quantitative estimate of drug-likeness (QED) is 0.587. The first-order valence-corrected chi connectivity index (χ1v) is 7.81. The van der Waals surface area contributed by atoms with E-state index in [1.54, 1.807) is 0 Å². The van der Waals surface area contributed by atoms with Crippen molar-refractivity contribution in [1.29, 1.82) is 0 Å². The molecule has 0 aromatic rings. The van der Waals surface area contributed by atoms with Gasteiger partial charge in [0.15, 0.2) is 10.1 Å². The predicted molar refractivity (Wildman–Crippen MR) is 73.6 cm³/mol. The molecular weight excluding hydrogens is 388 g/mol. The summed E-state index contributed by atoms with van der Waals surface area (Å²) in [5, 5.41) is -1.14. The molecule has 9 heteroatoms. The van der Waals surface area contributed by atoms with Crippen LogP contribution in [0.3, 0.4) is 0 Å². The fraction of sp³-hybridized carbons (Fsp3) is 0.889. The lowest BCUT2D eigenvalue weighted by atomic mass is 9.79. The number of halogens is 7. The SMILES string of the molecule is O=C1C(Cl)C2(Cl)C3C(Cl)OC(Cl)C3C1(Cl)C2(Cl)Cl. The minimum Gasteiger partial charge on any atom is -0.343 e. The van der Waals surface area contributed by atoms with E-state index in [4.69, 9.17) is 85.9 Å². The summed E-state index contributed by atoms with van der Waals surface area (Å²) in [5.41, 5.74) is -1.73. The number of carbonyl (C=O) groups excluding carboxylic acids is 1. The highest BCUT2D eigenvalue weighted by atomic mass is 35.5. The number of alkyl halides is 7. The minimum atomic E-state index is -1.76. The van der Waals surface area contributed by atoms with Gasteiger partial charge in [-0.1, -0.05) is 46.4 Å². The van der Waals surface area contributed by atoms with Crippen molar-refractivity contribution in [2.75, 3.05) is 0 Å². The number of hydrogen-bond acceptors (Lipinski definition) is 2. The van der Waals surface area contributed by atoms with Gasteiger partial charge in [-0.15, -0.1) is 34.8 Å². The largest absolute Gasteiger partial charge is 0.343 e. The lowest BCUT2D eigenvalue weighted by Gasteiger charge is -2.35. The molecule has 3 aliphatic rings. The summed E-state index contributed by atoms with van der Waals surface area (Å²) < 4.78 is 3.51. The van der Waals surface area contributed by atoms with Gasteiger partial charge < -0.3 is 4.74 Å². The van der Waals surface area contributed by atoms with E-state index in [0.717, 1.165) is 0 Å². The maximum Gasteiger partial charge on any atom is 0.177 e. The second-order valence-electron chi connectivity index (χ2n) is 4.67. The van der Waals surface area contributed by atoms with Crippen molar-refractivity contribution in [1.82, 2.24) is 0 Å². The number of rotatable bonds is 0. The first-order valence-electron chi connectivity index (χ1n) is 4.99. The maximum absolute atomic E-state index is 12.2. The Hall–Kier alpha value is 1.66. The average Bonchev–Trinajstić information content (AvgIpc) is 2.68. The van der Waals surface area contributed by atoms with Gasteiger partial charge in [0, 0.05) is 11.8 Å². The molecule has 2 saturated carbocycles. The molecule has 0 spiro atoms. The van der Waals surface area contributed by atoms with E-state index in [-0.39, 0.29) is 0 Å². The molecule has 3 fully saturated rings. The summed E-state index contributed by atoms with van der Waals surface area (Å²) in [6.07, 6.45) is 0. The van der Waals surface area contributed by atoms with Crippen LogP contribution in [0.2, 0.25) is 0 Å². The number of hydrogen-bond donors (Lipinski definition) is 0. The van der Waals surface area contributed by atoms with Gasteiger partial charge in [-0.3, -0.25) is 4.79 Å². The average molecular weight is 393 g/mol. The first-order chi connectivity index (χ1) is 8.11. The zero-order valence-electron chi connectivity index (χ0n) is 8.35. The van der Waals surface area contributed by atoms with Crippen LogP contribution in [0.15, 0.2) is 0 Å². The van der Waals surface area contributed by atoms with E-state index in [1.807, 2.05) is 0 Å². The topological polar surface area (TPSA) is 26.3 Å². The monoisotopic (exact) mass is 390 g/mol. The molecule has 7 unspecified atom stereocenters. The van der Waals surface area contributed by atoms with Crippen molar-refractivity contribution < 1.29 is 9.53 Å². The zero-order valence-corrected chi connectivity index (χ0v) is 13.6. The number of carbonyl (C=O) groups is 1. The van der Waals surface area contributed by atoms with E-state index < -0.39 is 48.2 Å². The van der Waals surface area contributed by atoms with Crippen LogP contribution in [-0.4, -0.2) is 36.4 Å². The van der Waals surface area contributed by atoms with Gasteiger partial charge in [-0.2, -0.15) is 0 Å². The highest BCUT2D eigenvalue weighted by molar-refractivity contribution is 6.67. The maximum atomic E-state index is 12.2. The Morgan fingerprint density at radius 1 is 0.944 bits per heavy atom. The zero-order chi connectivity index (χ0) is 13.7. The third kappa shape index (κ3) is 1.21. The second kappa shape index (κ2) is 3.89. The van der Waals surface area contributed by atoms with E-state index in [2.05, 4.69) is 0 Å². The Morgan fingerprint density at radius 3 is 2.00 bits per heavy atom. The van der Waals surface area contributed by atoms with Crippen molar-refractivity contribution in [2.45, 2.75) is 30.6 Å². The molecule has 18 heavy (non-hydrogen) atoms. The van der Waals surface area contributed by atoms with E-state index >= 15 is 0 Å². The van der Waals surface area contributed by atoms with Crippen LogP contribution in [0.5, 0.6) is 0 Å². The van der Waals surface area contributed by atoms with Crippen molar-refractivity contribution in [3.05, 3.63) is 0 Å². The van der Waals surface area contributed by atoms with Crippen LogP contribution in [0, 0.1) is 11.8 Å². The third-order valence-corrected chi connectivity index (χ3v) is 8.54. The molecule has 3 rings (SSSR count). The smallest absolute Gasteiger partial charge is 0.177 e. The van der Waals surface area contributed by atoms with Crippen LogP contribution < -0.4 is 0 Å². The van der Waals surface area contributed by atoms with Gasteiger partial charge in [0.25, 0.3) is 0 Å². The standard InChI is InChI=1S/C9H5Cl7O2/c10-3-4(17)8(14)2-1(5(11)18-6(2)12)7(3,13)9(8,15)16/h1-3,5-6H. The fourth-order valence-corrected chi connectivity index (χ4v) is 6.94. The van der Waals surface area contributed by atoms with Crippen LogP contribution in [-0.2, 0) is 9.53 Å². The molecule has 0 N–H and O–H groups in total. The second-order valence-corrected chi connectivity index (χ2v) is 8.52. The van der Waals surface area contributed by atoms with Crippen LogP contribution >= 0.6 is 81.2 Å². The van der Waals surface area contributed by atoms with E-state index in [9.17, 15) is 4.79 Å². The van der Waals surface area contributed by atoms with Gasteiger partial charge in [0.05, 0.1) is 0 Å². The molecule has 2 nitrogen and oxygen atoms in total. The van der Waals surface area contributed by atoms with E-state index in [0.29, 0.717) is 0 Å². The van der Waals surface area contributed by atoms with Crippen molar-refractivity contribution in [3.63, 3.8) is 0 Å². The molecule has 0 radical (unpaired) electrons. The van der Waals surface area contributed by atoms with Gasteiger partial charge in [-0.25, -0.2) is 0 Å². The number of Topliss-reactive ketones (excluding diaryl/α,β-unsaturated/α-hetero) is 1. The summed E-state index contributed by atoms with van der Waals surface area (Å²) in [5.74, 6) is -1.82. The fourth-order valence-electron chi connectivity index (χ4n) is 3.22. The van der Waals surface area contributed by atoms with E-state index in [1.165, 1.54) is 0 Å². The Balaban J connectivity index is 2.27. The molecule has 7 atom stereocenters. The Bertz CT molecular complexity index is 443. The molecule has 1 aliphatic heterocycles. The summed E-state index contributed by atoms with van der Waals surface area (Å²) in [7, 11) is 0. The van der Waals surface area contributed by atoms with Crippen LogP contribution in [0.1, 0.15) is 0 Å². The molecule has 0 aromatic heterocycles. The Kier molecular flexibility index (Phi) is 3.16. The van der Waals surface area contributed by atoms with Crippen molar-refractivity contribution in [3.8, 4) is 0 Å². The molecule has 102 valence electrons. The normalized spacial score (nSPS) is 61.3. The minimum absolute atomic E-state index is 0.535. The number of fused-ring (bicyclic) bond motifs is 5. The van der Waals surface area contributed by atoms with Gasteiger partial charge in [0.2, 0.25) is 0 Å². The van der Waals surface area contributed by atoms with Crippen molar-refractivity contribution >= 4 is 87.0 Å². The summed E-state index contributed by atoms with van der Waals surface area (Å²) in [4.78, 5) is 9.04. The summed E-state index contributed by atoms with van der Waals surface area (Å²) in [6.45, 7) is 0. The molecule has 2 bridgehead atoms. The molecule has 1 heterocycles. The lowest BCUT2D eigenvalue weighted by Crippen LogP contribution is -2.51. The van der Waals surface area contributed by atoms with Gasteiger partial charge in [0.1, 0.15) is 26.3 Å². The lowest BCUT2D eigenvalue weighted by molar-refractivity contribution is -0.122. The van der Waals surface area contributed by atoms with Crippen molar-refractivity contribution in [2.24, 2.45) is 11.8 Å². The Labute approximate surface area is 138 Å². The van der Waals surface area contributed by atoms with Crippen LogP contribution in [0.25, 0.3) is 0 Å². The number of ketones is 1. The predicted octanol–water partition coefficient (Wildman–Crippen LogP) is 3.71. The molecule has 0 aromatic carbocycles.